The molecule has 0 unspecified atom stereocenters. The summed E-state index contributed by atoms with van der Waals surface area (Å²) in [6, 6.07) is 12.3. The van der Waals surface area contributed by atoms with Crippen molar-refractivity contribution in [3.05, 3.63) is 59.4 Å². The third-order valence-corrected chi connectivity index (χ3v) is 4.10. The lowest BCUT2D eigenvalue weighted by molar-refractivity contribution is -0.113. The molecule has 1 amide bonds. The fraction of sp³-hybridized carbons (Fsp3) is 0.188. The van der Waals surface area contributed by atoms with Gasteiger partial charge >= 0.3 is 0 Å². The van der Waals surface area contributed by atoms with E-state index in [0.29, 0.717) is 11.4 Å². The molecule has 0 aromatic heterocycles. The number of aryl methyl sites for hydroxylation is 2. The molecular formula is C16H16FNOS. The minimum Gasteiger partial charge on any atom is -0.325 e. The quantitative estimate of drug-likeness (QED) is 0.856. The lowest BCUT2D eigenvalue weighted by Gasteiger charge is -2.09. The molecule has 2 aromatic rings. The Balaban J connectivity index is 1.96. The predicted molar refractivity (Wildman–Crippen MR) is 81.7 cm³/mol. The van der Waals surface area contributed by atoms with Crippen LogP contribution in [-0.4, -0.2) is 11.7 Å². The highest BCUT2D eigenvalue weighted by Crippen LogP contribution is 2.22. The third kappa shape index (κ3) is 3.84. The minimum absolute atomic E-state index is 0.132. The van der Waals surface area contributed by atoms with E-state index in [9.17, 15) is 9.18 Å². The van der Waals surface area contributed by atoms with Crippen molar-refractivity contribution in [2.45, 2.75) is 18.7 Å². The maximum atomic E-state index is 13.1. The van der Waals surface area contributed by atoms with Crippen LogP contribution in [0.5, 0.6) is 0 Å². The van der Waals surface area contributed by atoms with Crippen molar-refractivity contribution in [1.82, 2.24) is 0 Å². The fourth-order valence-electron chi connectivity index (χ4n) is 1.78. The van der Waals surface area contributed by atoms with Crippen LogP contribution in [0.2, 0.25) is 0 Å². The molecule has 0 radical (unpaired) electrons. The molecule has 0 bridgehead atoms. The lowest BCUT2D eigenvalue weighted by Crippen LogP contribution is -2.15. The molecule has 0 aliphatic rings. The summed E-state index contributed by atoms with van der Waals surface area (Å²) in [5.74, 6) is -0.176. The number of thioether (sulfide) groups is 1. The van der Waals surface area contributed by atoms with Crippen molar-refractivity contribution < 1.29 is 9.18 Å². The second-order valence-electron chi connectivity index (χ2n) is 4.56. The smallest absolute Gasteiger partial charge is 0.234 e. The van der Waals surface area contributed by atoms with Gasteiger partial charge in [0.2, 0.25) is 5.91 Å². The van der Waals surface area contributed by atoms with Crippen LogP contribution in [0.1, 0.15) is 11.1 Å². The van der Waals surface area contributed by atoms with Gasteiger partial charge in [-0.2, -0.15) is 0 Å². The van der Waals surface area contributed by atoms with Crippen molar-refractivity contribution in [3.63, 3.8) is 0 Å². The molecule has 0 aliphatic carbocycles. The van der Waals surface area contributed by atoms with Gasteiger partial charge < -0.3 is 5.32 Å². The molecule has 0 aliphatic heterocycles. The Hall–Kier alpha value is -1.81. The molecule has 1 N–H and O–H groups in total. The van der Waals surface area contributed by atoms with E-state index in [1.54, 1.807) is 6.07 Å². The van der Waals surface area contributed by atoms with Gasteiger partial charge in [-0.15, -0.1) is 11.8 Å². The molecule has 2 rings (SSSR count). The van der Waals surface area contributed by atoms with Gasteiger partial charge in [0.15, 0.2) is 0 Å². The number of nitrogens with one attached hydrogen (secondary N) is 1. The van der Waals surface area contributed by atoms with Crippen LogP contribution < -0.4 is 5.32 Å². The van der Waals surface area contributed by atoms with Gasteiger partial charge in [-0.3, -0.25) is 4.79 Å². The summed E-state index contributed by atoms with van der Waals surface area (Å²) in [5.41, 5.74) is 2.52. The summed E-state index contributed by atoms with van der Waals surface area (Å²) < 4.78 is 13.1. The Kier molecular flexibility index (Phi) is 4.79. The van der Waals surface area contributed by atoms with Crippen LogP contribution in [0.25, 0.3) is 0 Å². The van der Waals surface area contributed by atoms with Crippen LogP contribution >= 0.6 is 11.8 Å². The Labute approximate surface area is 122 Å². The van der Waals surface area contributed by atoms with Gasteiger partial charge in [-0.1, -0.05) is 24.3 Å². The summed E-state index contributed by atoms with van der Waals surface area (Å²) in [6.07, 6.45) is 0. The van der Waals surface area contributed by atoms with E-state index in [0.717, 1.165) is 16.0 Å². The molecule has 2 nitrogen and oxygen atoms in total. The molecule has 4 heteroatoms. The summed E-state index contributed by atoms with van der Waals surface area (Å²) in [4.78, 5) is 13.0. The fourth-order valence-corrected chi connectivity index (χ4v) is 2.61. The Morgan fingerprint density at radius 3 is 2.65 bits per heavy atom. The SMILES string of the molecule is Cc1ccc(F)cc1NC(=O)CSc1ccccc1C. The Bertz CT molecular complexity index is 628. The zero-order valence-electron chi connectivity index (χ0n) is 11.4. The second kappa shape index (κ2) is 6.57. The van der Waals surface area contributed by atoms with E-state index in [1.165, 1.54) is 23.9 Å². The molecule has 0 saturated heterocycles. The highest BCUT2D eigenvalue weighted by molar-refractivity contribution is 8.00. The van der Waals surface area contributed by atoms with E-state index in [2.05, 4.69) is 5.32 Å². The highest BCUT2D eigenvalue weighted by atomic mass is 32.2. The molecule has 0 heterocycles. The maximum absolute atomic E-state index is 13.1. The number of carbonyl (C=O) groups is 1. The summed E-state index contributed by atoms with van der Waals surface area (Å²) in [7, 11) is 0. The standard InChI is InChI=1S/C16H16FNOS/c1-11-7-8-13(17)9-14(11)18-16(19)10-20-15-6-4-3-5-12(15)2/h3-9H,10H2,1-2H3,(H,18,19). The van der Waals surface area contributed by atoms with Crippen LogP contribution in [0.4, 0.5) is 10.1 Å². The van der Waals surface area contributed by atoms with Gasteiger partial charge in [0, 0.05) is 10.6 Å². The number of benzene rings is 2. The number of anilines is 1. The Morgan fingerprint density at radius 2 is 1.90 bits per heavy atom. The van der Waals surface area contributed by atoms with Crippen LogP contribution in [0.3, 0.4) is 0 Å². The number of halogens is 1. The molecule has 0 spiro atoms. The third-order valence-electron chi connectivity index (χ3n) is 2.93. The van der Waals surface area contributed by atoms with E-state index in [-0.39, 0.29) is 11.7 Å². The largest absolute Gasteiger partial charge is 0.325 e. The first-order valence-electron chi connectivity index (χ1n) is 6.30. The van der Waals surface area contributed by atoms with Crippen molar-refractivity contribution in [1.29, 1.82) is 0 Å². The molecule has 2 aromatic carbocycles. The molecule has 0 atom stereocenters. The van der Waals surface area contributed by atoms with Gasteiger partial charge in [0.25, 0.3) is 0 Å². The topological polar surface area (TPSA) is 29.1 Å². The number of amides is 1. The summed E-state index contributed by atoms with van der Waals surface area (Å²) >= 11 is 1.48. The van der Waals surface area contributed by atoms with Crippen molar-refractivity contribution in [3.8, 4) is 0 Å². The number of carbonyl (C=O) groups excluding carboxylic acids is 1. The predicted octanol–water partition coefficient (Wildman–Crippen LogP) is 4.17. The van der Waals surface area contributed by atoms with E-state index in [1.807, 2.05) is 38.1 Å². The number of hydrogen-bond acceptors (Lipinski definition) is 2. The number of hydrogen-bond donors (Lipinski definition) is 1. The minimum atomic E-state index is -0.350. The van der Waals surface area contributed by atoms with Crippen LogP contribution in [-0.2, 0) is 4.79 Å². The lowest BCUT2D eigenvalue weighted by atomic mass is 10.2. The van der Waals surface area contributed by atoms with Gasteiger partial charge in [-0.25, -0.2) is 4.39 Å². The van der Waals surface area contributed by atoms with E-state index < -0.39 is 0 Å². The number of rotatable bonds is 4. The normalized spacial score (nSPS) is 10.3. The first-order chi connectivity index (χ1) is 9.56. The average Bonchev–Trinajstić information content (AvgIpc) is 2.42. The summed E-state index contributed by atoms with van der Waals surface area (Å²) in [5, 5.41) is 2.74. The van der Waals surface area contributed by atoms with Crippen molar-refractivity contribution in [2.75, 3.05) is 11.1 Å². The maximum Gasteiger partial charge on any atom is 0.234 e. The molecular weight excluding hydrogens is 273 g/mol. The van der Waals surface area contributed by atoms with Gasteiger partial charge in [-0.05, 0) is 43.2 Å². The molecule has 0 fully saturated rings. The van der Waals surface area contributed by atoms with Crippen LogP contribution in [0, 0.1) is 19.7 Å². The van der Waals surface area contributed by atoms with Crippen LogP contribution in [0.15, 0.2) is 47.4 Å². The van der Waals surface area contributed by atoms with E-state index >= 15 is 0 Å². The average molecular weight is 289 g/mol. The Morgan fingerprint density at radius 1 is 1.15 bits per heavy atom. The first-order valence-corrected chi connectivity index (χ1v) is 7.29. The first kappa shape index (κ1) is 14.6. The highest BCUT2D eigenvalue weighted by Gasteiger charge is 2.07. The zero-order chi connectivity index (χ0) is 14.5. The second-order valence-corrected chi connectivity index (χ2v) is 5.58. The van der Waals surface area contributed by atoms with Crippen molar-refractivity contribution in [2.24, 2.45) is 0 Å². The van der Waals surface area contributed by atoms with E-state index in [4.69, 9.17) is 0 Å². The molecule has 20 heavy (non-hydrogen) atoms. The monoisotopic (exact) mass is 289 g/mol. The summed E-state index contributed by atoms with van der Waals surface area (Å²) in [6.45, 7) is 3.85. The van der Waals surface area contributed by atoms with Crippen molar-refractivity contribution >= 4 is 23.4 Å². The molecule has 0 saturated carbocycles. The zero-order valence-corrected chi connectivity index (χ0v) is 12.3. The molecule has 104 valence electrons. The van der Waals surface area contributed by atoms with Gasteiger partial charge in [0.05, 0.1) is 5.75 Å². The van der Waals surface area contributed by atoms with Gasteiger partial charge in [0.1, 0.15) is 5.82 Å².